The van der Waals surface area contributed by atoms with Crippen LogP contribution < -0.4 is 0 Å². The molecule has 0 spiro atoms. The van der Waals surface area contributed by atoms with Crippen LogP contribution in [0.15, 0.2) is 58.3 Å². The Hall–Kier alpha value is -3.13. The van der Waals surface area contributed by atoms with E-state index in [4.69, 9.17) is 0 Å². The quantitative estimate of drug-likeness (QED) is 0.341. The van der Waals surface area contributed by atoms with Crippen molar-refractivity contribution in [1.82, 2.24) is 9.80 Å². The highest BCUT2D eigenvalue weighted by molar-refractivity contribution is 7.99. The van der Waals surface area contributed by atoms with Gasteiger partial charge in [-0.25, -0.2) is 0 Å². The molecular weight excluding hydrogens is 438 g/mol. The van der Waals surface area contributed by atoms with Crippen molar-refractivity contribution in [2.24, 2.45) is 0 Å². The summed E-state index contributed by atoms with van der Waals surface area (Å²) in [5.41, 5.74) is 1.74. The van der Waals surface area contributed by atoms with Crippen LogP contribution in [-0.4, -0.2) is 52.2 Å². The highest BCUT2D eigenvalue weighted by atomic mass is 32.2. The first-order chi connectivity index (χ1) is 15.7. The molecule has 0 N–H and O–H groups in total. The second-order valence-electron chi connectivity index (χ2n) is 8.46. The van der Waals surface area contributed by atoms with Crippen molar-refractivity contribution in [2.75, 3.05) is 19.6 Å². The van der Waals surface area contributed by atoms with Crippen LogP contribution in [0.3, 0.4) is 0 Å². The fraction of sp³-hybridized carbons (Fsp3) is 0.360. The summed E-state index contributed by atoms with van der Waals surface area (Å²) in [5.74, 6) is 0.143. The highest BCUT2D eigenvalue weighted by Crippen LogP contribution is 2.39. The molecule has 0 bridgehead atoms. The smallest absolute Gasteiger partial charge is 0.283 e. The lowest BCUT2D eigenvalue weighted by Gasteiger charge is -2.39. The monoisotopic (exact) mass is 467 g/mol. The van der Waals surface area contributed by atoms with Gasteiger partial charge in [-0.1, -0.05) is 49.9 Å². The van der Waals surface area contributed by atoms with Crippen molar-refractivity contribution in [3.63, 3.8) is 0 Å². The van der Waals surface area contributed by atoms with Crippen LogP contribution in [0.5, 0.6) is 0 Å². The zero-order valence-electron chi connectivity index (χ0n) is 19.4. The van der Waals surface area contributed by atoms with Gasteiger partial charge in [0.2, 0.25) is 11.8 Å². The van der Waals surface area contributed by atoms with E-state index >= 15 is 0 Å². The minimum Gasteiger partial charge on any atom is -0.337 e. The molecule has 1 atom stereocenters. The summed E-state index contributed by atoms with van der Waals surface area (Å²) < 4.78 is 0. The van der Waals surface area contributed by atoms with Gasteiger partial charge in [0.25, 0.3) is 5.69 Å². The van der Waals surface area contributed by atoms with E-state index in [0.717, 1.165) is 10.5 Å². The van der Waals surface area contributed by atoms with Gasteiger partial charge in [0.05, 0.1) is 9.82 Å². The normalized spacial score (nSPS) is 16.5. The molecule has 1 saturated heterocycles. The third-order valence-corrected chi connectivity index (χ3v) is 6.86. The van der Waals surface area contributed by atoms with Gasteiger partial charge < -0.3 is 9.80 Å². The van der Waals surface area contributed by atoms with Gasteiger partial charge >= 0.3 is 0 Å². The van der Waals surface area contributed by atoms with E-state index in [0.29, 0.717) is 36.0 Å². The summed E-state index contributed by atoms with van der Waals surface area (Å²) in [6, 6.07) is 12.9. The van der Waals surface area contributed by atoms with Crippen molar-refractivity contribution in [3.05, 3.63) is 69.8 Å². The summed E-state index contributed by atoms with van der Waals surface area (Å²) in [5, 5.41) is 11.8. The first-order valence-corrected chi connectivity index (χ1v) is 11.8. The Morgan fingerprint density at radius 3 is 2.52 bits per heavy atom. The van der Waals surface area contributed by atoms with Crippen LogP contribution in [0.1, 0.15) is 44.7 Å². The first-order valence-electron chi connectivity index (χ1n) is 11.0. The third kappa shape index (κ3) is 6.01. The van der Waals surface area contributed by atoms with Gasteiger partial charge in [0, 0.05) is 49.6 Å². The molecule has 174 valence electrons. The van der Waals surface area contributed by atoms with Gasteiger partial charge in [-0.2, -0.15) is 0 Å². The third-order valence-electron chi connectivity index (χ3n) is 5.70. The average Bonchev–Trinajstić information content (AvgIpc) is 2.77. The van der Waals surface area contributed by atoms with Crippen molar-refractivity contribution < 1.29 is 14.5 Å². The number of nitro groups is 1. The maximum Gasteiger partial charge on any atom is 0.283 e. The fourth-order valence-electron chi connectivity index (χ4n) is 3.93. The van der Waals surface area contributed by atoms with Crippen LogP contribution in [0.2, 0.25) is 0 Å². The molecule has 7 nitrogen and oxygen atoms in total. The molecule has 33 heavy (non-hydrogen) atoms. The number of hydrogen-bond acceptors (Lipinski definition) is 5. The molecule has 2 aromatic rings. The van der Waals surface area contributed by atoms with Crippen molar-refractivity contribution in [2.45, 2.75) is 49.4 Å². The Balaban J connectivity index is 1.76. The number of nitro benzene ring substituents is 1. The van der Waals surface area contributed by atoms with E-state index in [9.17, 15) is 19.7 Å². The average molecular weight is 468 g/mol. The number of piperazine rings is 1. The van der Waals surface area contributed by atoms with Gasteiger partial charge in [-0.05, 0) is 42.2 Å². The first kappa shape index (κ1) is 24.5. The van der Waals surface area contributed by atoms with E-state index < -0.39 is 0 Å². The number of carbonyl (C=O) groups is 2. The van der Waals surface area contributed by atoms with Gasteiger partial charge in [0.1, 0.15) is 0 Å². The molecule has 0 radical (unpaired) electrons. The van der Waals surface area contributed by atoms with E-state index in [1.165, 1.54) is 30.8 Å². The summed E-state index contributed by atoms with van der Waals surface area (Å²) in [7, 11) is 0. The van der Waals surface area contributed by atoms with Crippen LogP contribution >= 0.6 is 11.8 Å². The van der Waals surface area contributed by atoms with Gasteiger partial charge in [0.15, 0.2) is 0 Å². The largest absolute Gasteiger partial charge is 0.337 e. The number of rotatable bonds is 6. The second kappa shape index (κ2) is 10.7. The number of nitrogens with zero attached hydrogens (tertiary/aromatic N) is 3. The molecule has 1 aliphatic rings. The van der Waals surface area contributed by atoms with Crippen LogP contribution in [0.4, 0.5) is 5.69 Å². The topological polar surface area (TPSA) is 83.8 Å². The Labute approximate surface area is 198 Å². The Kier molecular flexibility index (Phi) is 7.92. The minimum absolute atomic E-state index is 0.00595. The zero-order chi connectivity index (χ0) is 24.1. The van der Waals surface area contributed by atoms with Crippen LogP contribution in [0.25, 0.3) is 6.08 Å². The molecule has 1 fully saturated rings. The number of amides is 2. The predicted octanol–water partition coefficient (Wildman–Crippen LogP) is 4.96. The minimum atomic E-state index is -0.387. The summed E-state index contributed by atoms with van der Waals surface area (Å²) in [6.45, 7) is 9.09. The predicted molar refractivity (Wildman–Crippen MR) is 130 cm³/mol. The molecule has 1 unspecified atom stereocenters. The molecular formula is C25H29N3O4S. The summed E-state index contributed by atoms with van der Waals surface area (Å²) in [6.07, 6.45) is 3.05. The fourth-order valence-corrected chi connectivity index (χ4v) is 5.11. The Morgan fingerprint density at radius 2 is 1.88 bits per heavy atom. The Morgan fingerprint density at radius 1 is 1.15 bits per heavy atom. The molecule has 1 heterocycles. The summed E-state index contributed by atoms with van der Waals surface area (Å²) >= 11 is 1.38. The summed E-state index contributed by atoms with van der Waals surface area (Å²) in [4.78, 5) is 40.6. The van der Waals surface area contributed by atoms with Crippen molar-refractivity contribution in [3.8, 4) is 0 Å². The van der Waals surface area contributed by atoms with Crippen molar-refractivity contribution in [1.29, 1.82) is 0 Å². The van der Waals surface area contributed by atoms with E-state index in [2.05, 4.69) is 13.8 Å². The van der Waals surface area contributed by atoms with Crippen molar-refractivity contribution >= 4 is 35.3 Å². The van der Waals surface area contributed by atoms with Gasteiger partial charge in [-0.3, -0.25) is 19.7 Å². The number of hydrogen-bond donors (Lipinski definition) is 0. The molecule has 2 aromatic carbocycles. The highest BCUT2D eigenvalue weighted by Gasteiger charge is 2.27. The molecule has 0 aromatic heterocycles. The molecule has 2 amide bonds. The molecule has 0 saturated carbocycles. The lowest BCUT2D eigenvalue weighted by Crippen LogP contribution is -2.54. The maximum absolute atomic E-state index is 12.6. The lowest BCUT2D eigenvalue weighted by molar-refractivity contribution is -0.387. The van der Waals surface area contributed by atoms with E-state index in [1.54, 1.807) is 28.0 Å². The lowest BCUT2D eigenvalue weighted by atomic mass is 10.0. The van der Waals surface area contributed by atoms with E-state index in [-0.39, 0.29) is 28.5 Å². The zero-order valence-corrected chi connectivity index (χ0v) is 20.2. The SMILES string of the molecule is CC(=O)N1CCN(C(=O)C=Cc2ccc(Sc3ccccc3C(C)C)c([N+](=O)[O-])c2)CC1C. The molecule has 3 rings (SSSR count). The van der Waals surface area contributed by atoms with E-state index in [1.807, 2.05) is 31.2 Å². The Bertz CT molecular complexity index is 1080. The standard InChI is InChI=1S/C25H29N3O4S/c1-17(2)21-7-5-6-8-23(21)33-24-11-9-20(15-22(24)28(31)32)10-12-25(30)26-13-14-27(19(4)29)18(3)16-26/h5-12,15,17-18H,13-14,16H2,1-4H3. The van der Waals surface area contributed by atoms with Crippen LogP contribution in [-0.2, 0) is 9.59 Å². The second-order valence-corrected chi connectivity index (χ2v) is 9.54. The number of carbonyl (C=O) groups excluding carboxylic acids is 2. The maximum atomic E-state index is 12.6. The molecule has 8 heteroatoms. The van der Waals surface area contributed by atoms with Crippen LogP contribution in [0, 0.1) is 10.1 Å². The number of benzene rings is 2. The van der Waals surface area contributed by atoms with Gasteiger partial charge in [-0.15, -0.1) is 0 Å². The molecule has 1 aliphatic heterocycles. The molecule has 0 aliphatic carbocycles.